The molecular formula is C27H32BF3N4O7. The number of unbranched alkanes of at least 4 members (excludes halogenated alkanes) is 2. The highest BCUT2D eigenvalue weighted by Gasteiger charge is 2.32. The van der Waals surface area contributed by atoms with E-state index in [2.05, 4.69) is 21.4 Å². The summed E-state index contributed by atoms with van der Waals surface area (Å²) >= 11 is 0. The van der Waals surface area contributed by atoms with Crippen LogP contribution in [0.15, 0.2) is 48.5 Å². The van der Waals surface area contributed by atoms with Crippen LogP contribution in [0.3, 0.4) is 0 Å². The number of carbonyl (C=O) groups excluding carboxylic acids is 4. The van der Waals surface area contributed by atoms with Crippen LogP contribution >= 0.6 is 0 Å². The zero-order chi connectivity index (χ0) is 30.7. The smallest absolute Gasteiger partial charge is 0.423 e. The van der Waals surface area contributed by atoms with E-state index in [-0.39, 0.29) is 49.8 Å². The monoisotopic (exact) mass is 592 g/mol. The van der Waals surface area contributed by atoms with E-state index in [0.717, 1.165) is 18.2 Å². The summed E-state index contributed by atoms with van der Waals surface area (Å²) in [6.07, 6.45) is -2.54. The summed E-state index contributed by atoms with van der Waals surface area (Å²) in [5.41, 5.74) is 2.33. The van der Waals surface area contributed by atoms with Crippen molar-refractivity contribution in [2.75, 3.05) is 5.32 Å². The molecule has 2 aromatic rings. The third kappa shape index (κ3) is 10.5. The molecule has 1 saturated heterocycles. The van der Waals surface area contributed by atoms with Crippen LogP contribution in [-0.4, -0.2) is 52.9 Å². The van der Waals surface area contributed by atoms with Crippen molar-refractivity contribution in [2.45, 2.75) is 69.8 Å². The Bertz CT molecular complexity index is 1240. The number of nitrogens with one attached hydrogen (secondary N) is 4. The Morgan fingerprint density at radius 1 is 1.07 bits per heavy atom. The third-order valence-electron chi connectivity index (χ3n) is 6.50. The molecule has 1 aliphatic heterocycles. The maximum Gasteiger partial charge on any atom is 0.488 e. The van der Waals surface area contributed by atoms with Crippen molar-refractivity contribution in [1.29, 1.82) is 0 Å². The van der Waals surface area contributed by atoms with Crippen molar-refractivity contribution in [3.63, 3.8) is 0 Å². The third-order valence-corrected chi connectivity index (χ3v) is 6.50. The molecule has 11 nitrogen and oxygen atoms in total. The lowest BCUT2D eigenvalue weighted by Gasteiger charge is -2.21. The predicted molar refractivity (Wildman–Crippen MR) is 145 cm³/mol. The molecule has 0 aliphatic carbocycles. The number of amides is 4. The molecule has 1 aliphatic rings. The maximum atomic E-state index is 13.1. The van der Waals surface area contributed by atoms with E-state index in [4.69, 9.17) is 14.9 Å². The Hall–Kier alpha value is -3.95. The van der Waals surface area contributed by atoms with Crippen LogP contribution in [0.5, 0.6) is 0 Å². The predicted octanol–water partition coefficient (Wildman–Crippen LogP) is 1.29. The Balaban J connectivity index is 1.46. The van der Waals surface area contributed by atoms with Crippen molar-refractivity contribution in [3.05, 3.63) is 59.7 Å². The van der Waals surface area contributed by atoms with Gasteiger partial charge in [0.15, 0.2) is 0 Å². The average Bonchev–Trinajstić information content (AvgIpc) is 3.38. The minimum Gasteiger partial charge on any atom is -0.423 e. The summed E-state index contributed by atoms with van der Waals surface area (Å²) in [6, 6.07) is 8.54. The van der Waals surface area contributed by atoms with Gasteiger partial charge in [0.25, 0.3) is 0 Å². The number of anilines is 1. The Morgan fingerprint density at radius 2 is 1.81 bits per heavy atom. The molecule has 0 radical (unpaired) electrons. The summed E-state index contributed by atoms with van der Waals surface area (Å²) < 4.78 is 39.2. The van der Waals surface area contributed by atoms with Crippen LogP contribution in [0.25, 0.3) is 0 Å². The molecule has 0 aromatic heterocycles. The molecule has 0 unspecified atom stereocenters. The van der Waals surface area contributed by atoms with Crippen molar-refractivity contribution in [2.24, 2.45) is 0 Å². The fourth-order valence-corrected chi connectivity index (χ4v) is 4.20. The lowest BCUT2D eigenvalue weighted by molar-refractivity contribution is -0.137. The standard InChI is InChI=1S/C27H32BF3N4O7/c29-27(30,31)18-5-4-6-20(15-18)32-25(38)21(34-26(39)22-13-14-23(36)33-22)7-2-1-3-8-24(37)35-42-16-17-9-11-19(12-10-17)28(40)41/h4-6,9-12,15,21-22,40-41H,1-3,7-8,13-14,16H2,(H,32,38)(H,33,36)(H,34,39)(H,35,37)/t21-,22-/m0/s1. The molecule has 0 spiro atoms. The van der Waals surface area contributed by atoms with Crippen LogP contribution in [0.4, 0.5) is 18.9 Å². The normalized spacial score (nSPS) is 15.5. The Labute approximate surface area is 240 Å². The summed E-state index contributed by atoms with van der Waals surface area (Å²) in [5.74, 6) is -1.94. The fourth-order valence-electron chi connectivity index (χ4n) is 4.20. The molecule has 2 atom stereocenters. The molecule has 1 fully saturated rings. The molecule has 4 amide bonds. The van der Waals surface area contributed by atoms with E-state index >= 15 is 0 Å². The van der Waals surface area contributed by atoms with E-state index in [1.165, 1.54) is 18.2 Å². The van der Waals surface area contributed by atoms with E-state index in [1.54, 1.807) is 12.1 Å². The van der Waals surface area contributed by atoms with E-state index < -0.39 is 42.8 Å². The van der Waals surface area contributed by atoms with Gasteiger partial charge in [-0.25, -0.2) is 5.48 Å². The second-order valence-corrected chi connectivity index (χ2v) is 9.82. The van der Waals surface area contributed by atoms with Gasteiger partial charge >= 0.3 is 13.3 Å². The second kappa shape index (κ2) is 15.3. The lowest BCUT2D eigenvalue weighted by Crippen LogP contribution is -2.50. The number of halogens is 3. The van der Waals surface area contributed by atoms with Gasteiger partial charge in [-0.05, 0) is 48.5 Å². The minimum absolute atomic E-state index is 0.0668. The fraction of sp³-hybridized carbons (Fsp3) is 0.407. The molecule has 0 bridgehead atoms. The molecule has 6 N–H and O–H groups in total. The van der Waals surface area contributed by atoms with Crippen LogP contribution in [0.1, 0.15) is 56.1 Å². The first-order valence-electron chi connectivity index (χ1n) is 13.4. The summed E-state index contributed by atoms with van der Waals surface area (Å²) in [7, 11) is -1.58. The highest BCUT2D eigenvalue weighted by atomic mass is 19.4. The van der Waals surface area contributed by atoms with E-state index in [0.29, 0.717) is 30.3 Å². The van der Waals surface area contributed by atoms with Gasteiger partial charge in [0.1, 0.15) is 12.1 Å². The van der Waals surface area contributed by atoms with E-state index in [1.807, 2.05) is 0 Å². The van der Waals surface area contributed by atoms with Crippen molar-refractivity contribution in [1.82, 2.24) is 16.1 Å². The Morgan fingerprint density at radius 3 is 2.45 bits per heavy atom. The number of alkyl halides is 3. The number of hydroxylamine groups is 1. The average molecular weight is 592 g/mol. The van der Waals surface area contributed by atoms with Crippen molar-refractivity contribution < 1.29 is 47.2 Å². The molecule has 226 valence electrons. The summed E-state index contributed by atoms with van der Waals surface area (Å²) in [6.45, 7) is 0.0668. The maximum absolute atomic E-state index is 13.1. The largest absolute Gasteiger partial charge is 0.488 e. The zero-order valence-electron chi connectivity index (χ0n) is 22.6. The van der Waals surface area contributed by atoms with Gasteiger partial charge in [0, 0.05) is 18.5 Å². The first-order chi connectivity index (χ1) is 19.9. The van der Waals surface area contributed by atoms with Crippen LogP contribution in [-0.2, 0) is 36.8 Å². The Kier molecular flexibility index (Phi) is 11.9. The van der Waals surface area contributed by atoms with Gasteiger partial charge in [0.2, 0.25) is 23.6 Å². The number of hydrogen-bond donors (Lipinski definition) is 6. The highest BCUT2D eigenvalue weighted by Crippen LogP contribution is 2.30. The summed E-state index contributed by atoms with van der Waals surface area (Å²) in [5, 5.41) is 25.7. The van der Waals surface area contributed by atoms with Crippen LogP contribution in [0, 0.1) is 0 Å². The molecule has 15 heteroatoms. The van der Waals surface area contributed by atoms with Gasteiger partial charge in [-0.2, -0.15) is 13.2 Å². The molecule has 0 saturated carbocycles. The van der Waals surface area contributed by atoms with Crippen molar-refractivity contribution in [3.8, 4) is 0 Å². The number of carbonyl (C=O) groups is 4. The van der Waals surface area contributed by atoms with Gasteiger partial charge in [-0.3, -0.25) is 24.0 Å². The number of hydrogen-bond acceptors (Lipinski definition) is 7. The second-order valence-electron chi connectivity index (χ2n) is 9.82. The van der Waals surface area contributed by atoms with Gasteiger partial charge in [-0.1, -0.05) is 43.2 Å². The van der Waals surface area contributed by atoms with Gasteiger partial charge in [-0.15, -0.1) is 0 Å². The molecule has 2 aromatic carbocycles. The minimum atomic E-state index is -4.59. The van der Waals surface area contributed by atoms with Crippen molar-refractivity contribution >= 4 is 41.9 Å². The van der Waals surface area contributed by atoms with Gasteiger partial charge in [0.05, 0.1) is 12.2 Å². The summed E-state index contributed by atoms with van der Waals surface area (Å²) in [4.78, 5) is 54.3. The molecule has 1 heterocycles. The topological polar surface area (TPSA) is 166 Å². The first kappa shape index (κ1) is 32.6. The molecular weight excluding hydrogens is 560 g/mol. The lowest BCUT2D eigenvalue weighted by atomic mass is 9.80. The quantitative estimate of drug-likeness (QED) is 0.109. The number of benzene rings is 2. The first-order valence-corrected chi connectivity index (χ1v) is 13.4. The molecule has 3 rings (SSSR count). The zero-order valence-corrected chi connectivity index (χ0v) is 22.6. The van der Waals surface area contributed by atoms with E-state index in [9.17, 15) is 32.3 Å². The molecule has 42 heavy (non-hydrogen) atoms. The van der Waals surface area contributed by atoms with Crippen LogP contribution < -0.4 is 26.9 Å². The van der Waals surface area contributed by atoms with Gasteiger partial charge < -0.3 is 26.0 Å². The van der Waals surface area contributed by atoms with Crippen LogP contribution in [0.2, 0.25) is 0 Å². The SMILES string of the molecule is O=C(CCCCC[C@H](NC(=O)[C@@H]1CCC(=O)N1)C(=O)Nc1cccc(C(F)(F)F)c1)NOCc1ccc(B(O)O)cc1. The highest BCUT2D eigenvalue weighted by molar-refractivity contribution is 6.58. The number of rotatable bonds is 14.